The number of hydrogen-bond acceptors (Lipinski definition) is 3. The van der Waals surface area contributed by atoms with Gasteiger partial charge in [0.05, 0.1) is 6.07 Å². The molecule has 1 amide bonds. The first-order valence-corrected chi connectivity index (χ1v) is 8.76. The summed E-state index contributed by atoms with van der Waals surface area (Å²) in [5, 5.41) is 9.42. The van der Waals surface area contributed by atoms with Crippen LogP contribution in [0.3, 0.4) is 0 Å². The minimum Gasteiger partial charge on any atom is -0.448 e. The quantitative estimate of drug-likeness (QED) is 0.838. The Balaban J connectivity index is 1.38. The zero-order valence-corrected chi connectivity index (χ0v) is 13.8. The van der Waals surface area contributed by atoms with Gasteiger partial charge in [-0.15, -0.1) is 0 Å². The Bertz CT molecular complexity index is 863. The van der Waals surface area contributed by atoms with Crippen LogP contribution >= 0.6 is 0 Å². The molecule has 2 aliphatic heterocycles. The standard InChI is InChI=1S/C21H18N2O2/c22-13-21-9-14(10-21)11-23(21)20(24)25-12-19-17-7-3-1-5-15(17)16-6-2-4-8-18(16)19/h1-8,14,19H,9-12H2. The highest BCUT2D eigenvalue weighted by molar-refractivity contribution is 5.79. The maximum absolute atomic E-state index is 12.6. The van der Waals surface area contributed by atoms with E-state index in [1.54, 1.807) is 4.90 Å². The average molecular weight is 330 g/mol. The van der Waals surface area contributed by atoms with Crippen molar-refractivity contribution in [2.24, 2.45) is 5.92 Å². The zero-order valence-electron chi connectivity index (χ0n) is 13.8. The first-order valence-electron chi connectivity index (χ1n) is 8.76. The monoisotopic (exact) mass is 330 g/mol. The smallest absolute Gasteiger partial charge is 0.411 e. The van der Waals surface area contributed by atoms with Crippen LogP contribution in [0.25, 0.3) is 11.1 Å². The molecule has 4 nitrogen and oxygen atoms in total. The molecule has 2 heterocycles. The van der Waals surface area contributed by atoms with Crippen LogP contribution in [0, 0.1) is 17.2 Å². The van der Waals surface area contributed by atoms with Gasteiger partial charge >= 0.3 is 6.09 Å². The second-order valence-electron chi connectivity index (χ2n) is 7.33. The van der Waals surface area contributed by atoms with Gasteiger partial charge < -0.3 is 4.74 Å². The lowest BCUT2D eigenvalue weighted by molar-refractivity contribution is 0.0828. The Hall–Kier alpha value is -2.80. The third-order valence-electron chi connectivity index (χ3n) is 5.97. The molecule has 0 atom stereocenters. The van der Waals surface area contributed by atoms with Crippen molar-refractivity contribution in [2.45, 2.75) is 24.3 Å². The summed E-state index contributed by atoms with van der Waals surface area (Å²) >= 11 is 0. The van der Waals surface area contributed by atoms with Gasteiger partial charge in [-0.1, -0.05) is 48.5 Å². The van der Waals surface area contributed by atoms with E-state index in [9.17, 15) is 10.1 Å². The SMILES string of the molecule is N#CC12CC(CN1C(=O)OCC1c3ccccc3-c3ccccc31)C2. The fourth-order valence-corrected chi connectivity index (χ4v) is 4.75. The summed E-state index contributed by atoms with van der Waals surface area (Å²) < 4.78 is 5.68. The van der Waals surface area contributed by atoms with Crippen molar-refractivity contribution in [3.63, 3.8) is 0 Å². The third-order valence-corrected chi connectivity index (χ3v) is 5.97. The maximum Gasteiger partial charge on any atom is 0.411 e. The van der Waals surface area contributed by atoms with Crippen LogP contribution in [0.1, 0.15) is 29.9 Å². The van der Waals surface area contributed by atoms with Crippen LogP contribution in [0.4, 0.5) is 4.79 Å². The van der Waals surface area contributed by atoms with Gasteiger partial charge in [-0.25, -0.2) is 4.79 Å². The molecule has 2 aromatic carbocycles. The first-order chi connectivity index (χ1) is 12.2. The predicted octanol–water partition coefficient (Wildman–Crippen LogP) is 3.92. The van der Waals surface area contributed by atoms with E-state index < -0.39 is 5.54 Å². The molecule has 2 aliphatic carbocycles. The third kappa shape index (κ3) is 1.96. The second kappa shape index (κ2) is 5.10. The molecule has 3 fully saturated rings. The number of amides is 1. The first kappa shape index (κ1) is 14.5. The molecule has 1 saturated carbocycles. The minimum absolute atomic E-state index is 0.0620. The van der Waals surface area contributed by atoms with Gasteiger partial charge in [-0.2, -0.15) is 5.26 Å². The van der Waals surface area contributed by atoms with Gasteiger partial charge in [-0.05, 0) is 41.0 Å². The van der Waals surface area contributed by atoms with Crippen LogP contribution in [0.15, 0.2) is 48.5 Å². The van der Waals surface area contributed by atoms with Crippen molar-refractivity contribution in [2.75, 3.05) is 13.2 Å². The van der Waals surface area contributed by atoms with Crippen molar-refractivity contribution < 1.29 is 9.53 Å². The highest BCUT2D eigenvalue weighted by Crippen LogP contribution is 2.50. The molecule has 0 unspecified atom stereocenters. The molecular weight excluding hydrogens is 312 g/mol. The summed E-state index contributed by atoms with van der Waals surface area (Å²) in [6, 6.07) is 18.9. The van der Waals surface area contributed by atoms with Gasteiger partial charge in [0, 0.05) is 12.5 Å². The molecule has 25 heavy (non-hydrogen) atoms. The Kier molecular flexibility index (Phi) is 2.96. The largest absolute Gasteiger partial charge is 0.448 e. The van der Waals surface area contributed by atoms with E-state index in [1.807, 2.05) is 24.3 Å². The highest BCUT2D eigenvalue weighted by atomic mass is 16.6. The minimum atomic E-state index is -0.604. The normalized spacial score (nSPS) is 25.7. The van der Waals surface area contributed by atoms with E-state index in [-0.39, 0.29) is 12.0 Å². The molecule has 4 aliphatic rings. The number of carbonyl (C=O) groups is 1. The van der Waals surface area contributed by atoms with E-state index >= 15 is 0 Å². The molecule has 124 valence electrons. The number of benzene rings is 2. The number of nitriles is 1. The fraction of sp³-hybridized carbons (Fsp3) is 0.333. The molecule has 4 heteroatoms. The summed E-state index contributed by atoms with van der Waals surface area (Å²) in [5.41, 5.74) is 4.24. The van der Waals surface area contributed by atoms with Gasteiger partial charge in [0.25, 0.3) is 0 Å². The van der Waals surface area contributed by atoms with Crippen molar-refractivity contribution in [3.05, 3.63) is 59.7 Å². The molecule has 0 aromatic heterocycles. The maximum atomic E-state index is 12.6. The average Bonchev–Trinajstić information content (AvgIpc) is 3.27. The van der Waals surface area contributed by atoms with Crippen LogP contribution in [0.5, 0.6) is 0 Å². The van der Waals surface area contributed by atoms with Gasteiger partial charge in [0.15, 0.2) is 0 Å². The second-order valence-corrected chi connectivity index (χ2v) is 7.33. The zero-order chi connectivity index (χ0) is 17.0. The van der Waals surface area contributed by atoms with Crippen LogP contribution in [-0.2, 0) is 4.74 Å². The Morgan fingerprint density at radius 1 is 1.12 bits per heavy atom. The van der Waals surface area contributed by atoms with Crippen molar-refractivity contribution >= 4 is 6.09 Å². The lowest BCUT2D eigenvalue weighted by Crippen LogP contribution is -2.47. The van der Waals surface area contributed by atoms with Crippen LogP contribution < -0.4 is 0 Å². The summed E-state index contributed by atoms with van der Waals surface area (Å²) in [6.07, 6.45) is 1.25. The van der Waals surface area contributed by atoms with Gasteiger partial charge in [0.2, 0.25) is 0 Å². The number of ether oxygens (including phenoxy) is 1. The van der Waals surface area contributed by atoms with E-state index in [4.69, 9.17) is 4.74 Å². The fourth-order valence-electron chi connectivity index (χ4n) is 4.75. The number of rotatable bonds is 2. The van der Waals surface area contributed by atoms with Crippen molar-refractivity contribution in [1.82, 2.24) is 4.90 Å². The van der Waals surface area contributed by atoms with Crippen LogP contribution in [0.2, 0.25) is 0 Å². The van der Waals surface area contributed by atoms with E-state index in [0.29, 0.717) is 19.1 Å². The van der Waals surface area contributed by atoms with Gasteiger partial charge in [-0.3, -0.25) is 4.90 Å². The number of fused-ring (bicyclic) bond motifs is 4. The lowest BCUT2D eigenvalue weighted by Gasteiger charge is -2.34. The molecule has 2 saturated heterocycles. The number of nitrogens with zero attached hydrogens (tertiary/aromatic N) is 2. The number of carbonyl (C=O) groups excluding carboxylic acids is 1. The molecule has 6 rings (SSSR count). The number of hydrogen-bond donors (Lipinski definition) is 0. The lowest BCUT2D eigenvalue weighted by atomic mass is 9.74. The van der Waals surface area contributed by atoms with E-state index in [2.05, 4.69) is 30.3 Å². The molecule has 2 bridgehead atoms. The highest BCUT2D eigenvalue weighted by Gasteiger charge is 2.59. The molecule has 2 aromatic rings. The summed E-state index contributed by atoms with van der Waals surface area (Å²) in [6.45, 7) is 0.972. The Labute approximate surface area is 146 Å². The van der Waals surface area contributed by atoms with Crippen LogP contribution in [-0.4, -0.2) is 29.7 Å². The summed E-state index contributed by atoms with van der Waals surface area (Å²) in [7, 11) is 0. The van der Waals surface area contributed by atoms with Crippen molar-refractivity contribution in [3.8, 4) is 17.2 Å². The summed E-state index contributed by atoms with van der Waals surface area (Å²) in [4.78, 5) is 14.2. The van der Waals surface area contributed by atoms with Crippen molar-refractivity contribution in [1.29, 1.82) is 5.26 Å². The molecular formula is C21H18N2O2. The summed E-state index contributed by atoms with van der Waals surface area (Å²) in [5.74, 6) is 0.534. The Morgan fingerprint density at radius 2 is 1.72 bits per heavy atom. The molecule has 0 radical (unpaired) electrons. The van der Waals surface area contributed by atoms with E-state index in [1.165, 1.54) is 22.3 Å². The van der Waals surface area contributed by atoms with E-state index in [0.717, 1.165) is 12.8 Å². The topological polar surface area (TPSA) is 53.3 Å². The molecule has 0 spiro atoms. The van der Waals surface area contributed by atoms with Gasteiger partial charge in [0.1, 0.15) is 12.1 Å². The Morgan fingerprint density at radius 3 is 2.32 bits per heavy atom. The predicted molar refractivity (Wildman–Crippen MR) is 92.8 cm³/mol. The molecule has 0 N–H and O–H groups in total.